The monoisotopic (exact) mass is 236 g/mol. The van der Waals surface area contributed by atoms with Gasteiger partial charge in [0.1, 0.15) is 0 Å². The van der Waals surface area contributed by atoms with Crippen LogP contribution < -0.4 is 9.47 Å². The number of ketones is 1. The van der Waals surface area contributed by atoms with Gasteiger partial charge in [-0.05, 0) is 26.0 Å². The van der Waals surface area contributed by atoms with Crippen LogP contribution in [0.15, 0.2) is 12.1 Å². The quantitative estimate of drug-likeness (QED) is 0.452. The Kier molecular flexibility index (Phi) is 2.99. The molecular weight excluding hydrogens is 224 g/mol. The highest BCUT2D eigenvalue weighted by Gasteiger charge is 2.25. The largest absolute Gasteiger partial charge is 0.460 e. The molecule has 2 rings (SSSR count). The highest BCUT2D eigenvalue weighted by Crippen LogP contribution is 2.37. The van der Waals surface area contributed by atoms with Crippen LogP contribution in [-0.2, 0) is 9.53 Å². The fraction of sp³-hybridized carbons (Fsp3) is 0.333. The SMILES string of the molecule is CCOC(=O)C(=O)c1ccc2c(c1C)OCO2. The molecule has 90 valence electrons. The van der Waals surface area contributed by atoms with Crippen LogP contribution in [0.2, 0.25) is 0 Å². The Labute approximate surface area is 98.3 Å². The van der Waals surface area contributed by atoms with Crippen LogP contribution in [0.4, 0.5) is 0 Å². The van der Waals surface area contributed by atoms with E-state index in [0.717, 1.165) is 0 Å². The number of esters is 1. The van der Waals surface area contributed by atoms with E-state index in [9.17, 15) is 9.59 Å². The number of fused-ring (bicyclic) bond motifs is 1. The first-order chi connectivity index (χ1) is 8.15. The zero-order chi connectivity index (χ0) is 12.4. The van der Waals surface area contributed by atoms with Crippen molar-refractivity contribution in [2.75, 3.05) is 13.4 Å². The molecule has 0 amide bonds. The van der Waals surface area contributed by atoms with Crippen LogP contribution in [0.25, 0.3) is 0 Å². The summed E-state index contributed by atoms with van der Waals surface area (Å²) in [4.78, 5) is 23.1. The lowest BCUT2D eigenvalue weighted by molar-refractivity contribution is -0.137. The molecule has 1 aliphatic rings. The van der Waals surface area contributed by atoms with Crippen molar-refractivity contribution in [3.05, 3.63) is 23.3 Å². The van der Waals surface area contributed by atoms with Crippen molar-refractivity contribution in [2.24, 2.45) is 0 Å². The Balaban J connectivity index is 2.34. The lowest BCUT2D eigenvalue weighted by Crippen LogP contribution is -2.18. The van der Waals surface area contributed by atoms with Gasteiger partial charge >= 0.3 is 5.97 Å². The van der Waals surface area contributed by atoms with Crippen LogP contribution in [0.3, 0.4) is 0 Å². The van der Waals surface area contributed by atoms with Crippen molar-refractivity contribution in [3.8, 4) is 11.5 Å². The Morgan fingerprint density at radius 3 is 2.82 bits per heavy atom. The first-order valence-electron chi connectivity index (χ1n) is 5.25. The summed E-state index contributed by atoms with van der Waals surface area (Å²) < 4.78 is 15.1. The summed E-state index contributed by atoms with van der Waals surface area (Å²) in [6, 6.07) is 3.16. The van der Waals surface area contributed by atoms with E-state index in [1.165, 1.54) is 0 Å². The van der Waals surface area contributed by atoms with Crippen LogP contribution in [0.5, 0.6) is 11.5 Å². The van der Waals surface area contributed by atoms with Gasteiger partial charge in [-0.1, -0.05) is 0 Å². The number of Topliss-reactive ketones (excluding diaryl/α,β-unsaturated/α-hetero) is 1. The van der Waals surface area contributed by atoms with Gasteiger partial charge in [0.25, 0.3) is 5.78 Å². The summed E-state index contributed by atoms with van der Waals surface area (Å²) >= 11 is 0. The molecule has 0 spiro atoms. The van der Waals surface area contributed by atoms with Crippen molar-refractivity contribution in [1.82, 2.24) is 0 Å². The zero-order valence-corrected chi connectivity index (χ0v) is 9.61. The predicted molar refractivity (Wildman–Crippen MR) is 58.3 cm³/mol. The zero-order valence-electron chi connectivity index (χ0n) is 9.61. The fourth-order valence-electron chi connectivity index (χ4n) is 1.66. The molecule has 5 nitrogen and oxygen atoms in total. The highest BCUT2D eigenvalue weighted by atomic mass is 16.7. The molecule has 0 bridgehead atoms. The molecule has 0 unspecified atom stereocenters. The summed E-state index contributed by atoms with van der Waals surface area (Å²) in [5.74, 6) is -0.417. The second-order valence-electron chi connectivity index (χ2n) is 3.52. The van der Waals surface area contributed by atoms with Crippen LogP contribution in [0, 0.1) is 6.92 Å². The number of hydrogen-bond acceptors (Lipinski definition) is 5. The Morgan fingerprint density at radius 2 is 2.12 bits per heavy atom. The maximum absolute atomic E-state index is 11.8. The van der Waals surface area contributed by atoms with Gasteiger partial charge in [0.05, 0.1) is 6.61 Å². The smallest absolute Gasteiger partial charge is 0.379 e. The van der Waals surface area contributed by atoms with E-state index in [2.05, 4.69) is 4.74 Å². The van der Waals surface area contributed by atoms with Crippen LogP contribution in [0.1, 0.15) is 22.8 Å². The molecule has 0 saturated heterocycles. The third-order valence-corrected chi connectivity index (χ3v) is 2.49. The minimum Gasteiger partial charge on any atom is -0.460 e. The molecular formula is C12H12O5. The molecule has 17 heavy (non-hydrogen) atoms. The lowest BCUT2D eigenvalue weighted by Gasteiger charge is -2.06. The Morgan fingerprint density at radius 1 is 1.35 bits per heavy atom. The van der Waals surface area contributed by atoms with E-state index >= 15 is 0 Å². The molecule has 0 fully saturated rings. The average Bonchev–Trinajstić information content (AvgIpc) is 2.78. The van der Waals surface area contributed by atoms with Crippen molar-refractivity contribution in [2.45, 2.75) is 13.8 Å². The van der Waals surface area contributed by atoms with Gasteiger partial charge in [0, 0.05) is 11.1 Å². The third-order valence-electron chi connectivity index (χ3n) is 2.49. The van der Waals surface area contributed by atoms with Gasteiger partial charge in [-0.3, -0.25) is 4.79 Å². The molecule has 0 aromatic heterocycles. The van der Waals surface area contributed by atoms with Crippen molar-refractivity contribution >= 4 is 11.8 Å². The van der Waals surface area contributed by atoms with Gasteiger partial charge < -0.3 is 14.2 Å². The van der Waals surface area contributed by atoms with E-state index in [1.54, 1.807) is 26.0 Å². The number of rotatable bonds is 3. The van der Waals surface area contributed by atoms with E-state index in [1.807, 2.05) is 0 Å². The standard InChI is InChI=1S/C12H12O5/c1-3-15-12(14)10(13)8-4-5-9-11(7(8)2)17-6-16-9/h4-5H,3,6H2,1-2H3. The van der Waals surface area contributed by atoms with Crippen LogP contribution >= 0.6 is 0 Å². The van der Waals surface area contributed by atoms with E-state index in [-0.39, 0.29) is 19.0 Å². The van der Waals surface area contributed by atoms with Gasteiger partial charge in [0.2, 0.25) is 6.79 Å². The minimum atomic E-state index is -0.852. The van der Waals surface area contributed by atoms with E-state index in [0.29, 0.717) is 17.1 Å². The van der Waals surface area contributed by atoms with Gasteiger partial charge in [0.15, 0.2) is 11.5 Å². The summed E-state index contributed by atoms with van der Waals surface area (Å²) in [5, 5.41) is 0. The normalized spacial score (nSPS) is 12.4. The Hall–Kier alpha value is -2.04. The molecule has 1 aromatic carbocycles. The fourth-order valence-corrected chi connectivity index (χ4v) is 1.66. The van der Waals surface area contributed by atoms with Gasteiger partial charge in [-0.15, -0.1) is 0 Å². The number of carbonyl (C=O) groups excluding carboxylic acids is 2. The lowest BCUT2D eigenvalue weighted by atomic mass is 10.0. The summed E-state index contributed by atoms with van der Waals surface area (Å²) in [6.45, 7) is 3.67. The molecule has 1 aliphatic heterocycles. The van der Waals surface area contributed by atoms with Crippen LogP contribution in [-0.4, -0.2) is 25.2 Å². The third kappa shape index (κ3) is 1.95. The van der Waals surface area contributed by atoms with Crippen molar-refractivity contribution < 1.29 is 23.8 Å². The molecule has 0 atom stereocenters. The van der Waals surface area contributed by atoms with Crippen molar-refractivity contribution in [3.63, 3.8) is 0 Å². The number of hydrogen-bond donors (Lipinski definition) is 0. The highest BCUT2D eigenvalue weighted by molar-refractivity contribution is 6.41. The minimum absolute atomic E-state index is 0.132. The Bertz CT molecular complexity index is 478. The average molecular weight is 236 g/mol. The molecule has 5 heteroatoms. The van der Waals surface area contributed by atoms with Gasteiger partial charge in [-0.2, -0.15) is 0 Å². The molecule has 0 radical (unpaired) electrons. The molecule has 0 aliphatic carbocycles. The summed E-state index contributed by atoms with van der Waals surface area (Å²) in [5.41, 5.74) is 0.880. The van der Waals surface area contributed by atoms with Gasteiger partial charge in [-0.25, -0.2) is 4.79 Å². The predicted octanol–water partition coefficient (Wildman–Crippen LogP) is 1.47. The summed E-state index contributed by atoms with van der Waals surface area (Å²) in [7, 11) is 0. The summed E-state index contributed by atoms with van der Waals surface area (Å²) in [6.07, 6.45) is 0. The first kappa shape index (κ1) is 11.4. The molecule has 1 heterocycles. The second kappa shape index (κ2) is 4.45. The topological polar surface area (TPSA) is 61.8 Å². The van der Waals surface area contributed by atoms with E-state index in [4.69, 9.17) is 9.47 Å². The van der Waals surface area contributed by atoms with Crippen molar-refractivity contribution in [1.29, 1.82) is 0 Å². The number of benzene rings is 1. The van der Waals surface area contributed by atoms with E-state index < -0.39 is 11.8 Å². The first-order valence-corrected chi connectivity index (χ1v) is 5.25. The second-order valence-corrected chi connectivity index (χ2v) is 3.52. The number of ether oxygens (including phenoxy) is 3. The maximum atomic E-state index is 11.8. The molecule has 0 N–H and O–H groups in total. The molecule has 1 aromatic rings. The molecule has 0 saturated carbocycles. The maximum Gasteiger partial charge on any atom is 0.379 e. The number of carbonyl (C=O) groups is 2.